The van der Waals surface area contributed by atoms with Crippen molar-refractivity contribution in [3.05, 3.63) is 64.5 Å². The number of nitriles is 1. The molecule has 0 amide bonds. The highest BCUT2D eigenvalue weighted by atomic mass is 32.1. The number of aromatic nitrogens is 3. The van der Waals surface area contributed by atoms with Gasteiger partial charge < -0.3 is 4.74 Å². The van der Waals surface area contributed by atoms with Gasteiger partial charge in [-0.15, -0.1) is 11.3 Å². The number of thiazole rings is 1. The minimum absolute atomic E-state index is 0.106. The largest absolute Gasteiger partial charge is 0.438 e. The van der Waals surface area contributed by atoms with E-state index in [2.05, 4.69) is 15.0 Å². The van der Waals surface area contributed by atoms with Crippen LogP contribution in [0, 0.1) is 18.3 Å². The molecule has 3 aromatic rings. The number of hydrogen-bond acceptors (Lipinski definition) is 7. The van der Waals surface area contributed by atoms with Crippen LogP contribution in [0.2, 0.25) is 0 Å². The fourth-order valence-electron chi connectivity index (χ4n) is 1.98. The highest BCUT2D eigenvalue weighted by molar-refractivity contribution is 7.10. The van der Waals surface area contributed by atoms with Crippen LogP contribution < -0.4 is 4.74 Å². The molecular weight excluding hydrogens is 324 g/mol. The molecule has 0 radical (unpaired) electrons. The standard InChI is InChI=1S/C17H12N4O2S/c1-11-10-24-17(21-11)13(7-18)16(22)14-8-20-15(9-19-14)23-12-5-3-2-4-6-12/h2-6,8-10,13H,1H3. The zero-order valence-corrected chi connectivity index (χ0v) is 13.5. The lowest BCUT2D eigenvalue weighted by molar-refractivity contribution is 0.0973. The second-order valence-corrected chi connectivity index (χ2v) is 5.80. The molecule has 3 rings (SSSR count). The lowest BCUT2D eigenvalue weighted by atomic mass is 10.0. The molecular formula is C17H12N4O2S. The Morgan fingerprint density at radius 1 is 1.25 bits per heavy atom. The first-order valence-electron chi connectivity index (χ1n) is 7.08. The quantitative estimate of drug-likeness (QED) is 0.662. The van der Waals surface area contributed by atoms with Crippen LogP contribution in [0.3, 0.4) is 0 Å². The predicted octanol–water partition coefficient (Wildman–Crippen LogP) is 3.52. The Bertz CT molecular complexity index is 885. The van der Waals surface area contributed by atoms with Crippen molar-refractivity contribution >= 4 is 17.1 Å². The summed E-state index contributed by atoms with van der Waals surface area (Å²) >= 11 is 1.28. The van der Waals surface area contributed by atoms with Crippen LogP contribution in [0.15, 0.2) is 48.1 Å². The third kappa shape index (κ3) is 3.45. The summed E-state index contributed by atoms with van der Waals surface area (Å²) in [5.41, 5.74) is 0.885. The van der Waals surface area contributed by atoms with E-state index in [0.29, 0.717) is 10.8 Å². The molecule has 0 aliphatic heterocycles. The predicted molar refractivity (Wildman–Crippen MR) is 88.1 cm³/mol. The number of Topliss-reactive ketones (excluding diaryl/α,β-unsaturated/α-hetero) is 1. The molecule has 2 heterocycles. The van der Waals surface area contributed by atoms with Crippen LogP contribution in [0.25, 0.3) is 0 Å². The van der Waals surface area contributed by atoms with Crippen molar-refractivity contribution in [2.75, 3.05) is 0 Å². The van der Waals surface area contributed by atoms with Crippen molar-refractivity contribution in [3.8, 4) is 17.7 Å². The van der Waals surface area contributed by atoms with E-state index in [9.17, 15) is 10.1 Å². The van der Waals surface area contributed by atoms with Crippen molar-refractivity contribution in [2.45, 2.75) is 12.8 Å². The molecule has 0 aliphatic carbocycles. The van der Waals surface area contributed by atoms with Crippen LogP contribution in [-0.4, -0.2) is 20.7 Å². The van der Waals surface area contributed by atoms with Crippen LogP contribution in [-0.2, 0) is 0 Å². The maximum Gasteiger partial charge on any atom is 0.237 e. The van der Waals surface area contributed by atoms with Gasteiger partial charge in [-0.3, -0.25) is 4.79 Å². The zero-order valence-electron chi connectivity index (χ0n) is 12.7. The third-order valence-corrected chi connectivity index (χ3v) is 4.15. The average Bonchev–Trinajstić information content (AvgIpc) is 3.03. The Morgan fingerprint density at radius 3 is 2.62 bits per heavy atom. The van der Waals surface area contributed by atoms with Crippen LogP contribution in [0.1, 0.15) is 27.1 Å². The Kier molecular flexibility index (Phi) is 4.59. The maximum absolute atomic E-state index is 12.5. The Hall–Kier alpha value is -3.11. The highest BCUT2D eigenvalue weighted by Crippen LogP contribution is 2.24. The molecule has 1 unspecified atom stereocenters. The number of nitrogens with zero attached hydrogens (tertiary/aromatic N) is 4. The average molecular weight is 336 g/mol. The first kappa shape index (κ1) is 15.8. The zero-order chi connectivity index (χ0) is 16.9. The van der Waals surface area contributed by atoms with Gasteiger partial charge in [0.15, 0.2) is 5.92 Å². The van der Waals surface area contributed by atoms with E-state index in [-0.39, 0.29) is 11.6 Å². The second kappa shape index (κ2) is 6.98. The fourth-order valence-corrected chi connectivity index (χ4v) is 2.82. The number of rotatable bonds is 5. The van der Waals surface area contributed by atoms with Crippen LogP contribution in [0.4, 0.5) is 0 Å². The molecule has 0 fully saturated rings. The number of benzene rings is 1. The molecule has 118 valence electrons. The number of aryl methyl sites for hydroxylation is 1. The lowest BCUT2D eigenvalue weighted by Crippen LogP contribution is -2.13. The fraction of sp³-hybridized carbons (Fsp3) is 0.118. The molecule has 2 aromatic heterocycles. The van der Waals surface area contributed by atoms with Gasteiger partial charge in [0.25, 0.3) is 0 Å². The smallest absolute Gasteiger partial charge is 0.237 e. The molecule has 0 spiro atoms. The summed E-state index contributed by atoms with van der Waals surface area (Å²) in [6, 6.07) is 11.1. The molecule has 1 atom stereocenters. The molecule has 24 heavy (non-hydrogen) atoms. The molecule has 6 nitrogen and oxygen atoms in total. The van der Waals surface area contributed by atoms with Crippen LogP contribution >= 0.6 is 11.3 Å². The summed E-state index contributed by atoms with van der Waals surface area (Å²) in [6.45, 7) is 1.81. The van der Waals surface area contributed by atoms with Crippen molar-refractivity contribution < 1.29 is 9.53 Å². The topological polar surface area (TPSA) is 88.8 Å². The monoisotopic (exact) mass is 336 g/mol. The maximum atomic E-state index is 12.5. The molecule has 0 bridgehead atoms. The molecule has 1 aromatic carbocycles. The molecule has 0 saturated heterocycles. The van der Waals surface area contributed by atoms with Gasteiger partial charge in [-0.1, -0.05) is 18.2 Å². The van der Waals surface area contributed by atoms with Crippen LogP contribution in [0.5, 0.6) is 11.6 Å². The molecule has 0 N–H and O–H groups in total. The summed E-state index contributed by atoms with van der Waals surface area (Å²) in [5.74, 6) is -0.500. The number of carbonyl (C=O) groups is 1. The van der Waals surface area contributed by atoms with Crippen molar-refractivity contribution in [3.63, 3.8) is 0 Å². The summed E-state index contributed by atoms with van der Waals surface area (Å²) in [7, 11) is 0. The van der Waals surface area contributed by atoms with Gasteiger partial charge in [-0.05, 0) is 19.1 Å². The first-order valence-corrected chi connectivity index (χ1v) is 7.96. The van der Waals surface area contributed by atoms with E-state index in [0.717, 1.165) is 5.69 Å². The Labute approximate surface area is 142 Å². The number of ether oxygens (including phenoxy) is 1. The SMILES string of the molecule is Cc1csc(C(C#N)C(=O)c2cnc(Oc3ccccc3)cn2)n1. The van der Waals surface area contributed by atoms with E-state index < -0.39 is 11.7 Å². The number of ketones is 1. The minimum Gasteiger partial charge on any atom is -0.438 e. The number of para-hydroxylation sites is 1. The third-order valence-electron chi connectivity index (χ3n) is 3.12. The molecule has 0 saturated carbocycles. The van der Waals surface area contributed by atoms with Gasteiger partial charge in [0.05, 0.1) is 18.5 Å². The van der Waals surface area contributed by atoms with E-state index in [1.165, 1.54) is 23.7 Å². The van der Waals surface area contributed by atoms with E-state index in [1.54, 1.807) is 17.5 Å². The van der Waals surface area contributed by atoms with Crippen molar-refractivity contribution in [2.24, 2.45) is 0 Å². The van der Waals surface area contributed by atoms with Gasteiger partial charge in [0.2, 0.25) is 11.7 Å². The van der Waals surface area contributed by atoms with Gasteiger partial charge in [-0.2, -0.15) is 5.26 Å². The second-order valence-electron chi connectivity index (χ2n) is 4.91. The van der Waals surface area contributed by atoms with E-state index in [1.807, 2.05) is 31.2 Å². The number of hydrogen-bond donors (Lipinski definition) is 0. The van der Waals surface area contributed by atoms with Gasteiger partial charge in [0.1, 0.15) is 16.5 Å². The van der Waals surface area contributed by atoms with Gasteiger partial charge in [-0.25, -0.2) is 15.0 Å². The first-order chi connectivity index (χ1) is 11.7. The van der Waals surface area contributed by atoms with Gasteiger partial charge >= 0.3 is 0 Å². The Balaban J connectivity index is 1.77. The highest BCUT2D eigenvalue weighted by Gasteiger charge is 2.26. The summed E-state index contributed by atoms with van der Waals surface area (Å²) in [4.78, 5) is 24.8. The normalized spacial score (nSPS) is 11.5. The molecule has 0 aliphatic rings. The molecule has 7 heteroatoms. The summed E-state index contributed by atoms with van der Waals surface area (Å²) in [5, 5.41) is 11.6. The minimum atomic E-state index is -0.973. The Morgan fingerprint density at radius 2 is 2.04 bits per heavy atom. The summed E-state index contributed by atoms with van der Waals surface area (Å²) < 4.78 is 5.53. The van der Waals surface area contributed by atoms with Crippen molar-refractivity contribution in [1.82, 2.24) is 15.0 Å². The lowest BCUT2D eigenvalue weighted by Gasteiger charge is -2.06. The van der Waals surface area contributed by atoms with E-state index >= 15 is 0 Å². The number of carbonyl (C=O) groups excluding carboxylic acids is 1. The van der Waals surface area contributed by atoms with Crippen molar-refractivity contribution in [1.29, 1.82) is 5.26 Å². The van der Waals surface area contributed by atoms with E-state index in [4.69, 9.17) is 4.74 Å². The summed E-state index contributed by atoms with van der Waals surface area (Å²) in [6.07, 6.45) is 2.67. The van der Waals surface area contributed by atoms with Gasteiger partial charge in [0, 0.05) is 11.1 Å².